The number of hydrogen-bond acceptors (Lipinski definition) is 3. The predicted octanol–water partition coefficient (Wildman–Crippen LogP) is 4.37. The van der Waals surface area contributed by atoms with E-state index in [1.165, 1.54) is 12.1 Å². The van der Waals surface area contributed by atoms with Gasteiger partial charge in [-0.2, -0.15) is 18.4 Å². The third-order valence-electron chi connectivity index (χ3n) is 2.42. The summed E-state index contributed by atoms with van der Waals surface area (Å²) >= 11 is 5.85. The predicted molar refractivity (Wildman–Crippen MR) is 68.7 cm³/mol. The van der Waals surface area contributed by atoms with Crippen LogP contribution in [0.5, 0.6) is 0 Å². The number of nitriles is 1. The molecular weight excluding hydrogens is 291 g/mol. The molecule has 1 heterocycles. The van der Waals surface area contributed by atoms with Gasteiger partial charge in [0.15, 0.2) is 0 Å². The van der Waals surface area contributed by atoms with Crippen molar-refractivity contribution in [1.82, 2.24) is 4.98 Å². The number of aromatic nitrogens is 1. The Morgan fingerprint density at radius 1 is 1.20 bits per heavy atom. The molecule has 0 atom stereocenters. The highest BCUT2D eigenvalue weighted by atomic mass is 35.5. The summed E-state index contributed by atoms with van der Waals surface area (Å²) in [4.78, 5) is 3.91. The summed E-state index contributed by atoms with van der Waals surface area (Å²) < 4.78 is 37.9. The number of pyridine rings is 1. The van der Waals surface area contributed by atoms with Crippen LogP contribution in [-0.2, 0) is 6.18 Å². The number of alkyl halides is 3. The largest absolute Gasteiger partial charge is 0.416 e. The summed E-state index contributed by atoms with van der Waals surface area (Å²) in [5.41, 5.74) is -0.594. The number of nitrogens with one attached hydrogen (secondary N) is 1. The lowest BCUT2D eigenvalue weighted by Gasteiger charge is -2.12. The molecule has 1 N–H and O–H groups in total. The minimum atomic E-state index is -4.46. The molecule has 0 amide bonds. The zero-order chi connectivity index (χ0) is 14.8. The molecule has 1 aromatic heterocycles. The van der Waals surface area contributed by atoms with Gasteiger partial charge >= 0.3 is 6.18 Å². The Bertz CT molecular complexity index is 677. The Morgan fingerprint density at radius 2 is 1.95 bits per heavy atom. The van der Waals surface area contributed by atoms with Crippen LogP contribution in [0.25, 0.3) is 0 Å². The van der Waals surface area contributed by atoms with E-state index in [-0.39, 0.29) is 22.2 Å². The van der Waals surface area contributed by atoms with Crippen LogP contribution in [0, 0.1) is 11.3 Å². The van der Waals surface area contributed by atoms with Crippen molar-refractivity contribution in [2.24, 2.45) is 0 Å². The number of rotatable bonds is 2. The van der Waals surface area contributed by atoms with E-state index >= 15 is 0 Å². The van der Waals surface area contributed by atoms with Crippen LogP contribution in [-0.4, -0.2) is 4.98 Å². The van der Waals surface area contributed by atoms with Crippen molar-refractivity contribution in [1.29, 1.82) is 5.26 Å². The minimum absolute atomic E-state index is 0.0732. The molecule has 0 aliphatic carbocycles. The molecule has 0 saturated carbocycles. The molecule has 0 bridgehead atoms. The smallest absolute Gasteiger partial charge is 0.339 e. The number of anilines is 2. The van der Waals surface area contributed by atoms with Crippen LogP contribution in [0.4, 0.5) is 24.7 Å². The average Bonchev–Trinajstić information content (AvgIpc) is 2.40. The number of hydrogen-bond donors (Lipinski definition) is 1. The third-order valence-corrected chi connectivity index (χ3v) is 2.75. The van der Waals surface area contributed by atoms with Gasteiger partial charge in [0.05, 0.1) is 16.3 Å². The summed E-state index contributed by atoms with van der Waals surface area (Å²) in [5, 5.41) is 11.5. The Hall–Kier alpha value is -2.26. The normalized spacial score (nSPS) is 10.9. The molecule has 20 heavy (non-hydrogen) atoms. The molecule has 2 rings (SSSR count). The highest BCUT2D eigenvalue weighted by molar-refractivity contribution is 6.33. The molecule has 0 saturated heterocycles. The third kappa shape index (κ3) is 3.19. The van der Waals surface area contributed by atoms with Gasteiger partial charge in [-0.3, -0.25) is 0 Å². The standard InChI is InChI=1S/C13H7ClF3N3/c14-10-5-4-8(13(15,16)17)6-11(10)20-12-3-1-2-9(7-18)19-12/h1-6H,(H,19,20). The van der Waals surface area contributed by atoms with Gasteiger partial charge in [-0.25, -0.2) is 4.98 Å². The monoisotopic (exact) mass is 297 g/mol. The van der Waals surface area contributed by atoms with E-state index in [1.54, 1.807) is 6.07 Å². The van der Waals surface area contributed by atoms with Crippen LogP contribution in [0.1, 0.15) is 11.3 Å². The van der Waals surface area contributed by atoms with Crippen molar-refractivity contribution < 1.29 is 13.2 Å². The molecule has 0 unspecified atom stereocenters. The van der Waals surface area contributed by atoms with E-state index in [9.17, 15) is 13.2 Å². The second-order valence-corrected chi connectivity index (χ2v) is 4.24. The lowest BCUT2D eigenvalue weighted by atomic mass is 10.2. The van der Waals surface area contributed by atoms with Gasteiger partial charge in [0.1, 0.15) is 17.6 Å². The summed E-state index contributed by atoms with van der Waals surface area (Å²) in [6.07, 6.45) is -4.46. The van der Waals surface area contributed by atoms with Gasteiger partial charge in [-0.05, 0) is 30.3 Å². The fraction of sp³-hybridized carbons (Fsp3) is 0.0769. The van der Waals surface area contributed by atoms with Gasteiger partial charge in [0.2, 0.25) is 0 Å². The maximum atomic E-state index is 12.6. The zero-order valence-corrected chi connectivity index (χ0v) is 10.6. The molecule has 0 aliphatic rings. The lowest BCUT2D eigenvalue weighted by Crippen LogP contribution is -2.06. The summed E-state index contributed by atoms with van der Waals surface area (Å²) in [6.45, 7) is 0. The first-order chi connectivity index (χ1) is 9.40. The first kappa shape index (κ1) is 14.2. The first-order valence-electron chi connectivity index (χ1n) is 5.41. The topological polar surface area (TPSA) is 48.7 Å². The molecule has 3 nitrogen and oxygen atoms in total. The van der Waals surface area contributed by atoms with Crippen molar-refractivity contribution in [3.05, 3.63) is 52.7 Å². The fourth-order valence-electron chi connectivity index (χ4n) is 1.50. The molecule has 102 valence electrons. The quantitative estimate of drug-likeness (QED) is 0.895. The fourth-order valence-corrected chi connectivity index (χ4v) is 1.67. The Morgan fingerprint density at radius 3 is 2.60 bits per heavy atom. The van der Waals surface area contributed by atoms with Gasteiger partial charge in [-0.15, -0.1) is 0 Å². The van der Waals surface area contributed by atoms with Crippen molar-refractivity contribution >= 4 is 23.1 Å². The van der Waals surface area contributed by atoms with Crippen LogP contribution in [0.15, 0.2) is 36.4 Å². The maximum Gasteiger partial charge on any atom is 0.416 e. The number of nitrogens with zero attached hydrogens (tertiary/aromatic N) is 2. The maximum absolute atomic E-state index is 12.6. The van der Waals surface area contributed by atoms with E-state index in [4.69, 9.17) is 16.9 Å². The summed E-state index contributed by atoms with van der Waals surface area (Å²) in [6, 6.07) is 9.36. The van der Waals surface area contributed by atoms with Crippen LogP contribution in [0.2, 0.25) is 5.02 Å². The van der Waals surface area contributed by atoms with Crippen LogP contribution < -0.4 is 5.32 Å². The van der Waals surface area contributed by atoms with Crippen molar-refractivity contribution in [3.8, 4) is 6.07 Å². The molecule has 0 aliphatic heterocycles. The van der Waals surface area contributed by atoms with E-state index in [0.29, 0.717) is 0 Å². The SMILES string of the molecule is N#Cc1cccc(Nc2cc(C(F)(F)F)ccc2Cl)n1. The van der Waals surface area contributed by atoms with E-state index in [2.05, 4.69) is 10.3 Å². The summed E-state index contributed by atoms with van der Waals surface area (Å²) in [7, 11) is 0. The van der Waals surface area contributed by atoms with E-state index < -0.39 is 11.7 Å². The molecule has 0 radical (unpaired) electrons. The first-order valence-corrected chi connectivity index (χ1v) is 5.79. The van der Waals surface area contributed by atoms with Crippen molar-refractivity contribution in [2.45, 2.75) is 6.18 Å². The van der Waals surface area contributed by atoms with Gasteiger partial charge in [-0.1, -0.05) is 17.7 Å². The Balaban J connectivity index is 2.35. The van der Waals surface area contributed by atoms with Crippen molar-refractivity contribution in [3.63, 3.8) is 0 Å². The second-order valence-electron chi connectivity index (χ2n) is 3.84. The van der Waals surface area contributed by atoms with Crippen LogP contribution >= 0.6 is 11.6 Å². The highest BCUT2D eigenvalue weighted by Gasteiger charge is 2.30. The van der Waals surface area contributed by atoms with Gasteiger partial charge in [0.25, 0.3) is 0 Å². The van der Waals surface area contributed by atoms with Crippen LogP contribution in [0.3, 0.4) is 0 Å². The van der Waals surface area contributed by atoms with Gasteiger partial charge in [0, 0.05) is 0 Å². The average molecular weight is 298 g/mol. The number of halogens is 4. The number of benzene rings is 1. The zero-order valence-electron chi connectivity index (χ0n) is 9.87. The van der Waals surface area contributed by atoms with Crippen molar-refractivity contribution in [2.75, 3.05) is 5.32 Å². The highest BCUT2D eigenvalue weighted by Crippen LogP contribution is 2.34. The van der Waals surface area contributed by atoms with Gasteiger partial charge < -0.3 is 5.32 Å². The molecule has 0 fully saturated rings. The summed E-state index contributed by atoms with van der Waals surface area (Å²) in [5.74, 6) is 0.241. The Kier molecular flexibility index (Phi) is 3.81. The molecular formula is C13H7ClF3N3. The Labute approximate surface area is 117 Å². The molecule has 7 heteroatoms. The molecule has 2 aromatic rings. The second kappa shape index (κ2) is 5.39. The minimum Gasteiger partial charge on any atom is -0.339 e. The molecule has 0 spiro atoms. The van der Waals surface area contributed by atoms with E-state index in [1.807, 2.05) is 6.07 Å². The van der Waals surface area contributed by atoms with E-state index in [0.717, 1.165) is 18.2 Å². The lowest BCUT2D eigenvalue weighted by molar-refractivity contribution is -0.137. The molecule has 1 aromatic carbocycles.